The van der Waals surface area contributed by atoms with Gasteiger partial charge in [-0.1, -0.05) is 0 Å². The first kappa shape index (κ1) is 16.4. The molecule has 19 heavy (non-hydrogen) atoms. The number of ether oxygens (including phenoxy) is 1. The van der Waals surface area contributed by atoms with Crippen LogP contribution in [0.4, 0.5) is 0 Å². The fourth-order valence-corrected chi connectivity index (χ4v) is 3.56. The molecule has 0 saturated carbocycles. The molecule has 1 aliphatic rings. The third-order valence-corrected chi connectivity index (χ3v) is 5.12. The van der Waals surface area contributed by atoms with Crippen LogP contribution in [-0.2, 0) is 19.7 Å². The minimum Gasteiger partial charge on any atom is -0.466 e. The van der Waals surface area contributed by atoms with E-state index in [1.54, 1.807) is 6.92 Å². The van der Waals surface area contributed by atoms with E-state index in [0.29, 0.717) is 26.0 Å². The number of rotatable bonds is 6. The molecule has 1 atom stereocenters. The van der Waals surface area contributed by atoms with Crippen molar-refractivity contribution >= 4 is 16.2 Å². The molecular formula is C11H23N3O4S. The van der Waals surface area contributed by atoms with Crippen molar-refractivity contribution in [3.63, 3.8) is 0 Å². The van der Waals surface area contributed by atoms with Crippen LogP contribution in [0.5, 0.6) is 0 Å². The maximum Gasteiger partial charge on any atom is 0.310 e. The Morgan fingerprint density at radius 3 is 2.79 bits per heavy atom. The molecular weight excluding hydrogens is 270 g/mol. The normalized spacial score (nSPS) is 21.6. The first-order valence-electron chi connectivity index (χ1n) is 6.51. The molecule has 0 bridgehead atoms. The van der Waals surface area contributed by atoms with Crippen LogP contribution in [0.3, 0.4) is 0 Å². The van der Waals surface area contributed by atoms with E-state index in [4.69, 9.17) is 10.5 Å². The van der Waals surface area contributed by atoms with Crippen molar-refractivity contribution in [2.24, 2.45) is 11.7 Å². The molecule has 0 aliphatic carbocycles. The Bertz CT molecular complexity index is 399. The highest BCUT2D eigenvalue weighted by atomic mass is 32.2. The summed E-state index contributed by atoms with van der Waals surface area (Å²) in [6.45, 7) is 3.22. The highest BCUT2D eigenvalue weighted by Crippen LogP contribution is 2.21. The molecule has 0 amide bonds. The van der Waals surface area contributed by atoms with Gasteiger partial charge >= 0.3 is 5.97 Å². The molecule has 7 nitrogen and oxygen atoms in total. The molecule has 1 heterocycles. The molecule has 0 aromatic rings. The van der Waals surface area contributed by atoms with Crippen LogP contribution in [0.15, 0.2) is 0 Å². The van der Waals surface area contributed by atoms with Gasteiger partial charge in [-0.25, -0.2) is 0 Å². The highest BCUT2D eigenvalue weighted by Gasteiger charge is 2.34. The zero-order valence-electron chi connectivity index (χ0n) is 11.5. The van der Waals surface area contributed by atoms with Gasteiger partial charge in [0.05, 0.1) is 12.5 Å². The van der Waals surface area contributed by atoms with Gasteiger partial charge in [0, 0.05) is 33.2 Å². The largest absolute Gasteiger partial charge is 0.466 e. The van der Waals surface area contributed by atoms with Crippen LogP contribution in [-0.4, -0.2) is 62.8 Å². The second-order valence-electron chi connectivity index (χ2n) is 4.57. The second-order valence-corrected chi connectivity index (χ2v) is 6.60. The van der Waals surface area contributed by atoms with Gasteiger partial charge in [-0.2, -0.15) is 17.0 Å². The van der Waals surface area contributed by atoms with E-state index >= 15 is 0 Å². The number of carbonyl (C=O) groups is 1. The van der Waals surface area contributed by atoms with Crippen molar-refractivity contribution in [3.05, 3.63) is 0 Å². The first-order valence-corrected chi connectivity index (χ1v) is 7.91. The summed E-state index contributed by atoms with van der Waals surface area (Å²) in [5.74, 6) is -0.682. The Balaban J connectivity index is 2.71. The van der Waals surface area contributed by atoms with E-state index in [-0.39, 0.29) is 31.5 Å². The summed E-state index contributed by atoms with van der Waals surface area (Å²) in [5.41, 5.74) is 5.37. The molecule has 1 fully saturated rings. The van der Waals surface area contributed by atoms with Crippen molar-refractivity contribution in [3.8, 4) is 0 Å². The van der Waals surface area contributed by atoms with Crippen LogP contribution >= 0.6 is 0 Å². The smallest absolute Gasteiger partial charge is 0.310 e. The molecule has 0 radical (unpaired) electrons. The minimum atomic E-state index is -3.53. The number of hydrogen-bond donors (Lipinski definition) is 1. The van der Waals surface area contributed by atoms with Gasteiger partial charge in [-0.3, -0.25) is 4.79 Å². The topological polar surface area (TPSA) is 92.9 Å². The maximum absolute atomic E-state index is 12.2. The third-order valence-electron chi connectivity index (χ3n) is 3.17. The standard InChI is InChI=1S/C11H23N3O4S/c1-3-18-11(15)10-5-4-7-14(9-10)19(16,17)13(2)8-6-12/h10H,3-9,12H2,1-2H3. The molecule has 0 aromatic heterocycles. The van der Waals surface area contributed by atoms with E-state index in [2.05, 4.69) is 0 Å². The molecule has 1 aliphatic heterocycles. The average molecular weight is 293 g/mol. The minimum absolute atomic E-state index is 0.191. The average Bonchev–Trinajstić information content (AvgIpc) is 2.39. The Hall–Kier alpha value is -0.700. The lowest BCUT2D eigenvalue weighted by molar-refractivity contribution is -0.149. The Morgan fingerprint density at radius 1 is 1.53 bits per heavy atom. The predicted molar refractivity (Wildman–Crippen MR) is 71.5 cm³/mol. The summed E-state index contributed by atoms with van der Waals surface area (Å²) < 4.78 is 32.0. The van der Waals surface area contributed by atoms with Crippen LogP contribution in [0.2, 0.25) is 0 Å². The third kappa shape index (κ3) is 4.13. The molecule has 2 N–H and O–H groups in total. The SMILES string of the molecule is CCOC(=O)C1CCCN(S(=O)(=O)N(C)CCN)C1. The second kappa shape index (κ2) is 7.18. The Labute approximate surface area is 114 Å². The van der Waals surface area contributed by atoms with Crippen molar-refractivity contribution < 1.29 is 17.9 Å². The molecule has 8 heteroatoms. The number of nitrogens with two attached hydrogens (primary N) is 1. The monoisotopic (exact) mass is 293 g/mol. The Kier molecular flexibility index (Phi) is 6.18. The number of carbonyl (C=O) groups excluding carboxylic acids is 1. The molecule has 0 aromatic carbocycles. The number of esters is 1. The lowest BCUT2D eigenvalue weighted by Gasteiger charge is -2.33. The summed E-state index contributed by atoms with van der Waals surface area (Å²) in [4.78, 5) is 11.7. The lowest BCUT2D eigenvalue weighted by atomic mass is 10.0. The van der Waals surface area contributed by atoms with E-state index in [1.165, 1.54) is 15.7 Å². The summed E-state index contributed by atoms with van der Waals surface area (Å²) in [7, 11) is -2.03. The maximum atomic E-state index is 12.2. The predicted octanol–water partition coefficient (Wildman–Crippen LogP) is -0.603. The number of nitrogens with zero attached hydrogens (tertiary/aromatic N) is 2. The van der Waals surface area contributed by atoms with Crippen molar-refractivity contribution in [2.45, 2.75) is 19.8 Å². The van der Waals surface area contributed by atoms with E-state index in [1.807, 2.05) is 0 Å². The lowest BCUT2D eigenvalue weighted by Crippen LogP contribution is -2.49. The van der Waals surface area contributed by atoms with Crippen LogP contribution in [0.25, 0.3) is 0 Å². The fraction of sp³-hybridized carbons (Fsp3) is 0.909. The number of piperidine rings is 1. The molecule has 1 rings (SSSR count). The van der Waals surface area contributed by atoms with Gasteiger partial charge in [0.1, 0.15) is 0 Å². The Morgan fingerprint density at radius 2 is 2.21 bits per heavy atom. The number of hydrogen-bond acceptors (Lipinski definition) is 5. The van der Waals surface area contributed by atoms with Crippen molar-refractivity contribution in [2.75, 3.05) is 39.8 Å². The van der Waals surface area contributed by atoms with Gasteiger partial charge in [0.25, 0.3) is 10.2 Å². The van der Waals surface area contributed by atoms with E-state index in [9.17, 15) is 13.2 Å². The van der Waals surface area contributed by atoms with Gasteiger partial charge in [0.2, 0.25) is 0 Å². The van der Waals surface area contributed by atoms with E-state index in [0.717, 1.165) is 0 Å². The van der Waals surface area contributed by atoms with Gasteiger partial charge in [0.15, 0.2) is 0 Å². The highest BCUT2D eigenvalue weighted by molar-refractivity contribution is 7.86. The zero-order chi connectivity index (χ0) is 14.5. The van der Waals surface area contributed by atoms with Gasteiger partial charge < -0.3 is 10.5 Å². The van der Waals surface area contributed by atoms with Gasteiger partial charge in [-0.05, 0) is 19.8 Å². The zero-order valence-corrected chi connectivity index (χ0v) is 12.4. The quantitative estimate of drug-likeness (QED) is 0.660. The van der Waals surface area contributed by atoms with E-state index < -0.39 is 10.2 Å². The molecule has 1 unspecified atom stereocenters. The first-order chi connectivity index (χ1) is 8.93. The van der Waals surface area contributed by atoms with Crippen LogP contribution < -0.4 is 5.73 Å². The summed E-state index contributed by atoms with van der Waals surface area (Å²) in [5, 5.41) is 0. The van der Waals surface area contributed by atoms with Crippen molar-refractivity contribution in [1.29, 1.82) is 0 Å². The molecule has 112 valence electrons. The fourth-order valence-electron chi connectivity index (χ4n) is 2.10. The molecule has 1 saturated heterocycles. The van der Waals surface area contributed by atoms with Crippen LogP contribution in [0, 0.1) is 5.92 Å². The number of likely N-dealkylation sites (N-methyl/N-ethyl adjacent to an activating group) is 1. The summed E-state index contributed by atoms with van der Waals surface area (Å²) in [6.07, 6.45) is 1.34. The molecule has 0 spiro atoms. The van der Waals surface area contributed by atoms with Crippen LogP contribution in [0.1, 0.15) is 19.8 Å². The van der Waals surface area contributed by atoms with Crippen molar-refractivity contribution in [1.82, 2.24) is 8.61 Å². The summed E-state index contributed by atoms with van der Waals surface area (Å²) >= 11 is 0. The van der Waals surface area contributed by atoms with Gasteiger partial charge in [-0.15, -0.1) is 0 Å². The summed E-state index contributed by atoms with van der Waals surface area (Å²) in [6, 6.07) is 0.